The molecule has 28 heavy (non-hydrogen) atoms. The van der Waals surface area contributed by atoms with Crippen LogP contribution >= 0.6 is 23.1 Å². The highest BCUT2D eigenvalue weighted by molar-refractivity contribution is 8.01. The summed E-state index contributed by atoms with van der Waals surface area (Å²) in [6.07, 6.45) is 0.396. The summed E-state index contributed by atoms with van der Waals surface area (Å²) in [5.41, 5.74) is 1.53. The number of para-hydroxylation sites is 1. The highest BCUT2D eigenvalue weighted by atomic mass is 32.2. The molecule has 0 unspecified atom stereocenters. The van der Waals surface area contributed by atoms with Crippen LogP contribution in [0.25, 0.3) is 0 Å². The minimum atomic E-state index is -0.374. The number of hydrogen-bond donors (Lipinski definition) is 2. The van der Waals surface area contributed by atoms with Crippen LogP contribution in [0.5, 0.6) is 0 Å². The number of benzene rings is 2. The number of nitrogens with zero attached hydrogens (tertiary/aromatic N) is 2. The van der Waals surface area contributed by atoms with Crippen molar-refractivity contribution in [3.05, 3.63) is 59.9 Å². The maximum atomic E-state index is 13.7. The summed E-state index contributed by atoms with van der Waals surface area (Å²) >= 11 is 2.52. The highest BCUT2D eigenvalue weighted by Gasteiger charge is 2.11. The van der Waals surface area contributed by atoms with E-state index in [2.05, 4.69) is 20.8 Å². The minimum Gasteiger partial charge on any atom is -0.328 e. The van der Waals surface area contributed by atoms with Gasteiger partial charge in [-0.25, -0.2) is 4.39 Å². The third-order valence-corrected chi connectivity index (χ3v) is 5.63. The molecular formula is C19H17FN4O2S2. The molecule has 1 heterocycles. The van der Waals surface area contributed by atoms with Gasteiger partial charge in [0, 0.05) is 17.7 Å². The van der Waals surface area contributed by atoms with Gasteiger partial charge in [0.1, 0.15) is 5.82 Å². The van der Waals surface area contributed by atoms with Crippen molar-refractivity contribution in [3.63, 3.8) is 0 Å². The van der Waals surface area contributed by atoms with E-state index in [4.69, 9.17) is 0 Å². The van der Waals surface area contributed by atoms with Crippen molar-refractivity contribution in [2.75, 3.05) is 16.4 Å². The lowest BCUT2D eigenvalue weighted by molar-refractivity contribution is -0.115. The zero-order chi connectivity index (χ0) is 19.9. The minimum absolute atomic E-state index is 0.0582. The van der Waals surface area contributed by atoms with Gasteiger partial charge in [-0.15, -0.1) is 10.2 Å². The van der Waals surface area contributed by atoms with Crippen molar-refractivity contribution >= 4 is 51.3 Å². The van der Waals surface area contributed by atoms with Crippen LogP contribution in [0, 0.1) is 5.82 Å². The normalized spacial score (nSPS) is 10.5. The second kappa shape index (κ2) is 9.43. The van der Waals surface area contributed by atoms with Gasteiger partial charge in [0.05, 0.1) is 11.4 Å². The summed E-state index contributed by atoms with van der Waals surface area (Å²) in [5, 5.41) is 14.0. The summed E-state index contributed by atoms with van der Waals surface area (Å²) < 4.78 is 14.3. The molecule has 0 saturated carbocycles. The second-order valence-electron chi connectivity index (χ2n) is 5.67. The number of amides is 1. The summed E-state index contributed by atoms with van der Waals surface area (Å²) in [6.45, 7) is 1.77. The van der Waals surface area contributed by atoms with E-state index in [0.717, 1.165) is 0 Å². The first kappa shape index (κ1) is 20.0. The molecular weight excluding hydrogens is 399 g/mol. The monoisotopic (exact) mass is 416 g/mol. The second-order valence-corrected chi connectivity index (χ2v) is 7.87. The number of nitrogens with one attached hydrogen (secondary N) is 2. The fourth-order valence-corrected chi connectivity index (χ4v) is 3.85. The summed E-state index contributed by atoms with van der Waals surface area (Å²) in [7, 11) is 0. The molecule has 6 nitrogen and oxygen atoms in total. The van der Waals surface area contributed by atoms with Crippen molar-refractivity contribution in [2.45, 2.75) is 17.7 Å². The fraction of sp³-hybridized carbons (Fsp3) is 0.158. The number of carbonyl (C=O) groups excluding carboxylic acids is 2. The largest absolute Gasteiger partial charge is 0.328 e. The van der Waals surface area contributed by atoms with Gasteiger partial charge < -0.3 is 10.6 Å². The van der Waals surface area contributed by atoms with Gasteiger partial charge in [0.2, 0.25) is 11.0 Å². The number of Topliss-reactive ketones (excluding diaryl/α,β-unsaturated/α-hetero) is 1. The number of hydrogen-bond acceptors (Lipinski definition) is 7. The van der Waals surface area contributed by atoms with E-state index in [9.17, 15) is 14.0 Å². The van der Waals surface area contributed by atoms with E-state index < -0.39 is 0 Å². The number of rotatable bonds is 8. The third-order valence-electron chi connectivity index (χ3n) is 3.66. The van der Waals surface area contributed by atoms with E-state index in [0.29, 0.717) is 32.8 Å². The Balaban J connectivity index is 1.54. The molecule has 0 saturated heterocycles. The molecule has 1 amide bonds. The Kier molecular flexibility index (Phi) is 6.72. The molecule has 0 radical (unpaired) electrons. The number of carbonyl (C=O) groups is 2. The maximum Gasteiger partial charge on any atom is 0.224 e. The molecule has 0 aliphatic rings. The number of thioether (sulfide) groups is 1. The van der Waals surface area contributed by atoms with E-state index in [1.807, 2.05) is 0 Å². The maximum absolute atomic E-state index is 13.7. The average Bonchev–Trinajstić information content (AvgIpc) is 3.16. The molecule has 144 valence electrons. The van der Waals surface area contributed by atoms with Crippen LogP contribution in [0.4, 0.5) is 20.9 Å². The van der Waals surface area contributed by atoms with Crippen molar-refractivity contribution in [3.8, 4) is 0 Å². The topological polar surface area (TPSA) is 84.0 Å². The van der Waals surface area contributed by atoms with Crippen LogP contribution in [0.1, 0.15) is 23.7 Å². The zero-order valence-electron chi connectivity index (χ0n) is 14.9. The molecule has 0 atom stereocenters. The molecule has 9 heteroatoms. The van der Waals surface area contributed by atoms with Crippen molar-refractivity contribution in [2.24, 2.45) is 0 Å². The molecule has 1 aromatic heterocycles. The molecule has 0 fully saturated rings. The van der Waals surface area contributed by atoms with Gasteiger partial charge in [0.15, 0.2) is 10.1 Å². The number of ketones is 1. The van der Waals surface area contributed by atoms with E-state index in [1.165, 1.54) is 29.2 Å². The summed E-state index contributed by atoms with van der Waals surface area (Å²) in [5.74, 6) is -0.307. The number of aromatic nitrogens is 2. The Morgan fingerprint density at radius 1 is 1.11 bits per heavy atom. The van der Waals surface area contributed by atoms with Gasteiger partial charge in [-0.2, -0.15) is 0 Å². The van der Waals surface area contributed by atoms with Gasteiger partial charge in [-0.05, 0) is 36.4 Å². The molecule has 0 aliphatic heterocycles. The van der Waals surface area contributed by atoms with Crippen LogP contribution in [0.2, 0.25) is 0 Å². The van der Waals surface area contributed by atoms with Crippen molar-refractivity contribution in [1.82, 2.24) is 10.2 Å². The first-order valence-electron chi connectivity index (χ1n) is 8.46. The fourth-order valence-electron chi connectivity index (χ4n) is 2.20. The van der Waals surface area contributed by atoms with E-state index in [1.54, 1.807) is 49.4 Å². The molecule has 2 aromatic carbocycles. The lowest BCUT2D eigenvalue weighted by atomic mass is 10.1. The predicted molar refractivity (Wildman–Crippen MR) is 110 cm³/mol. The van der Waals surface area contributed by atoms with Crippen LogP contribution in [0.3, 0.4) is 0 Å². The standard InChI is InChI=1S/C19H17FN4O2S2/c1-2-17(26)21-13-9-7-12(8-10-13)16(25)11-27-19-24-23-18(28-19)22-15-6-4-3-5-14(15)20/h3-10H,2,11H2,1H3,(H,21,26)(H,22,23). The van der Waals surface area contributed by atoms with E-state index in [-0.39, 0.29) is 23.3 Å². The number of halogens is 1. The smallest absolute Gasteiger partial charge is 0.224 e. The van der Waals surface area contributed by atoms with Gasteiger partial charge >= 0.3 is 0 Å². The Labute approximate surface area is 169 Å². The van der Waals surface area contributed by atoms with E-state index >= 15 is 0 Å². The zero-order valence-corrected chi connectivity index (χ0v) is 16.6. The number of anilines is 3. The lowest BCUT2D eigenvalue weighted by Crippen LogP contribution is -2.09. The third kappa shape index (κ3) is 5.37. The molecule has 3 rings (SSSR count). The quantitative estimate of drug-likeness (QED) is 0.407. The van der Waals surface area contributed by atoms with Gasteiger partial charge in [-0.1, -0.05) is 42.2 Å². The van der Waals surface area contributed by atoms with Crippen molar-refractivity contribution < 1.29 is 14.0 Å². The Bertz CT molecular complexity index is 976. The first-order valence-corrected chi connectivity index (χ1v) is 10.3. The lowest BCUT2D eigenvalue weighted by Gasteiger charge is -2.04. The van der Waals surface area contributed by atoms with Crippen LogP contribution < -0.4 is 10.6 Å². The van der Waals surface area contributed by atoms with Crippen LogP contribution in [-0.4, -0.2) is 27.6 Å². The SMILES string of the molecule is CCC(=O)Nc1ccc(C(=O)CSc2nnc(Nc3ccccc3F)s2)cc1. The molecule has 0 aliphatic carbocycles. The van der Waals surface area contributed by atoms with Crippen LogP contribution in [0.15, 0.2) is 52.9 Å². The summed E-state index contributed by atoms with van der Waals surface area (Å²) in [4.78, 5) is 23.7. The Hall–Kier alpha value is -2.78. The van der Waals surface area contributed by atoms with Crippen molar-refractivity contribution in [1.29, 1.82) is 0 Å². The highest BCUT2D eigenvalue weighted by Crippen LogP contribution is 2.29. The Morgan fingerprint density at radius 3 is 2.57 bits per heavy atom. The van der Waals surface area contributed by atoms with Gasteiger partial charge in [-0.3, -0.25) is 9.59 Å². The average molecular weight is 417 g/mol. The van der Waals surface area contributed by atoms with Gasteiger partial charge in [0.25, 0.3) is 0 Å². The molecule has 0 bridgehead atoms. The molecule has 3 aromatic rings. The Morgan fingerprint density at radius 2 is 1.86 bits per heavy atom. The first-order chi connectivity index (χ1) is 13.5. The van der Waals surface area contributed by atoms with Crippen LogP contribution in [-0.2, 0) is 4.79 Å². The summed E-state index contributed by atoms with van der Waals surface area (Å²) in [6, 6.07) is 13.1. The molecule has 0 spiro atoms. The predicted octanol–water partition coefficient (Wildman–Crippen LogP) is 4.74. The molecule has 2 N–H and O–H groups in total.